The summed E-state index contributed by atoms with van der Waals surface area (Å²) < 4.78 is 0.602. The van der Waals surface area contributed by atoms with E-state index in [1.165, 1.54) is 56.9 Å². The van der Waals surface area contributed by atoms with Crippen molar-refractivity contribution in [3.63, 3.8) is 0 Å². The Balaban J connectivity index is 1.99. The summed E-state index contributed by atoms with van der Waals surface area (Å²) in [4.78, 5) is 23.0. The van der Waals surface area contributed by atoms with Crippen molar-refractivity contribution in [2.75, 3.05) is 27.7 Å². The lowest BCUT2D eigenvalue weighted by Gasteiger charge is -2.30. The third kappa shape index (κ3) is 15.0. The number of quaternary nitrogens is 1. The van der Waals surface area contributed by atoms with Gasteiger partial charge in [0.05, 0.1) is 33.7 Å². The number of carboxylic acids is 1. The number of rotatable bonds is 17. The minimum atomic E-state index is -1.12. The third-order valence-electron chi connectivity index (χ3n) is 5.26. The molecule has 1 N–H and O–H groups in total. The zero-order chi connectivity index (χ0) is 22.2. The molecule has 0 radical (unpaired) electrons. The molecule has 1 aromatic carbocycles. The fourth-order valence-electron chi connectivity index (χ4n) is 3.82. The number of carbonyl (C=O) groups is 2. The second-order valence-electron chi connectivity index (χ2n) is 9.48. The Bertz CT molecular complexity index is 596. The third-order valence-corrected chi connectivity index (χ3v) is 5.26. The van der Waals surface area contributed by atoms with Gasteiger partial charge in [-0.05, 0) is 24.8 Å². The highest BCUT2D eigenvalue weighted by Crippen LogP contribution is 2.12. The summed E-state index contributed by atoms with van der Waals surface area (Å²) in [5.41, 5.74) is 1.44. The van der Waals surface area contributed by atoms with Crippen LogP contribution < -0.4 is 10.4 Å². The Hall–Kier alpha value is -1.88. The maximum atomic E-state index is 12.1. The minimum Gasteiger partial charge on any atom is -0.550 e. The summed E-state index contributed by atoms with van der Waals surface area (Å²) in [5.74, 6) is -1.16. The van der Waals surface area contributed by atoms with E-state index >= 15 is 0 Å². The van der Waals surface area contributed by atoms with Gasteiger partial charge in [0.15, 0.2) is 0 Å². The number of aliphatic carboxylic acids is 1. The van der Waals surface area contributed by atoms with E-state index in [0.29, 0.717) is 17.4 Å². The van der Waals surface area contributed by atoms with Crippen LogP contribution >= 0.6 is 0 Å². The summed E-state index contributed by atoms with van der Waals surface area (Å²) in [7, 11) is 5.95. The summed E-state index contributed by atoms with van der Waals surface area (Å²) in [6.45, 7) is 0.574. The fraction of sp³-hybridized carbons (Fsp3) is 0.680. The number of unbranched alkanes of at least 4 members (excludes halogenated alkanes) is 8. The fourth-order valence-corrected chi connectivity index (χ4v) is 3.82. The summed E-state index contributed by atoms with van der Waals surface area (Å²) in [5, 5.41) is 13.8. The van der Waals surface area contributed by atoms with E-state index in [-0.39, 0.29) is 18.4 Å². The molecule has 0 fully saturated rings. The minimum absolute atomic E-state index is 0.0480. The van der Waals surface area contributed by atoms with Gasteiger partial charge in [0.1, 0.15) is 0 Å². The average Bonchev–Trinajstić information content (AvgIpc) is 2.65. The highest BCUT2D eigenvalue weighted by Gasteiger charge is 2.20. The van der Waals surface area contributed by atoms with Crippen LogP contribution in [0.1, 0.15) is 76.2 Å². The van der Waals surface area contributed by atoms with Crippen molar-refractivity contribution in [2.24, 2.45) is 0 Å². The normalized spacial score (nSPS) is 12.5. The first kappa shape index (κ1) is 26.2. The van der Waals surface area contributed by atoms with Crippen LogP contribution in [-0.2, 0) is 16.0 Å². The van der Waals surface area contributed by atoms with Gasteiger partial charge in [-0.1, -0.05) is 75.3 Å². The van der Waals surface area contributed by atoms with Gasteiger partial charge in [-0.3, -0.25) is 4.79 Å². The zero-order valence-corrected chi connectivity index (χ0v) is 19.3. The molecule has 0 aliphatic carbocycles. The molecule has 1 amide bonds. The molecule has 0 spiro atoms. The van der Waals surface area contributed by atoms with Gasteiger partial charge in [0, 0.05) is 18.8 Å². The van der Waals surface area contributed by atoms with Gasteiger partial charge < -0.3 is 19.7 Å². The second kappa shape index (κ2) is 15.0. The van der Waals surface area contributed by atoms with E-state index in [1.807, 2.05) is 21.1 Å². The lowest BCUT2D eigenvalue weighted by atomic mass is 10.0. The quantitative estimate of drug-likeness (QED) is 0.311. The Morgan fingerprint density at radius 3 is 1.93 bits per heavy atom. The first-order chi connectivity index (χ1) is 14.3. The van der Waals surface area contributed by atoms with Gasteiger partial charge >= 0.3 is 0 Å². The predicted molar refractivity (Wildman–Crippen MR) is 121 cm³/mol. The Labute approximate surface area is 183 Å². The number of aryl methyl sites for hydroxylation is 1. The van der Waals surface area contributed by atoms with Crippen LogP contribution in [0, 0.1) is 0 Å². The number of amides is 1. The molecular formula is C25H42N2O3. The average molecular weight is 419 g/mol. The molecule has 1 unspecified atom stereocenters. The van der Waals surface area contributed by atoms with Crippen molar-refractivity contribution in [3.8, 4) is 0 Å². The number of likely N-dealkylation sites (N-methyl/N-ethyl adjacent to an activating group) is 1. The van der Waals surface area contributed by atoms with Crippen LogP contribution in [0.5, 0.6) is 0 Å². The zero-order valence-electron chi connectivity index (χ0n) is 19.3. The van der Waals surface area contributed by atoms with E-state index in [1.54, 1.807) is 0 Å². The summed E-state index contributed by atoms with van der Waals surface area (Å²) in [6.07, 6.45) is 12.3. The molecule has 5 heteroatoms. The molecule has 0 saturated heterocycles. The van der Waals surface area contributed by atoms with Crippen molar-refractivity contribution >= 4 is 11.9 Å². The van der Waals surface area contributed by atoms with Crippen LogP contribution in [0.2, 0.25) is 0 Å². The van der Waals surface area contributed by atoms with Gasteiger partial charge in [0.25, 0.3) is 0 Å². The van der Waals surface area contributed by atoms with Crippen LogP contribution in [0.3, 0.4) is 0 Å². The number of nitrogens with zero attached hydrogens (tertiary/aromatic N) is 1. The summed E-state index contributed by atoms with van der Waals surface area (Å²) in [6, 6.07) is 10.3. The number of hydrogen-bond donors (Lipinski definition) is 1. The van der Waals surface area contributed by atoms with E-state index in [0.717, 1.165) is 12.8 Å². The monoisotopic (exact) mass is 418 g/mol. The molecule has 0 aliphatic heterocycles. The van der Waals surface area contributed by atoms with E-state index in [2.05, 4.69) is 35.6 Å². The van der Waals surface area contributed by atoms with Crippen LogP contribution in [0.25, 0.3) is 0 Å². The molecule has 5 nitrogen and oxygen atoms in total. The predicted octanol–water partition coefficient (Wildman–Crippen LogP) is 3.46. The molecule has 1 aromatic rings. The van der Waals surface area contributed by atoms with Gasteiger partial charge in [0.2, 0.25) is 5.91 Å². The van der Waals surface area contributed by atoms with E-state index in [4.69, 9.17) is 0 Å². The van der Waals surface area contributed by atoms with Crippen LogP contribution in [0.4, 0.5) is 0 Å². The van der Waals surface area contributed by atoms with Gasteiger partial charge in [-0.15, -0.1) is 0 Å². The SMILES string of the molecule is C[N+](C)(C)CC(CC(=O)[O-])NC(=O)CCCCCCCCCCCc1ccccc1. The molecule has 0 bridgehead atoms. The van der Waals surface area contributed by atoms with Crippen molar-refractivity contribution in [2.45, 2.75) is 83.1 Å². The highest BCUT2D eigenvalue weighted by molar-refractivity contribution is 5.77. The van der Waals surface area contributed by atoms with Gasteiger partial charge in [-0.25, -0.2) is 0 Å². The topological polar surface area (TPSA) is 69.2 Å². The van der Waals surface area contributed by atoms with Crippen LogP contribution in [0.15, 0.2) is 30.3 Å². The molecular weight excluding hydrogens is 376 g/mol. The number of carboxylic acid groups (broad SMARTS) is 1. The Morgan fingerprint density at radius 1 is 0.867 bits per heavy atom. The van der Waals surface area contributed by atoms with Gasteiger partial charge in [-0.2, -0.15) is 0 Å². The maximum Gasteiger partial charge on any atom is 0.220 e. The molecule has 0 aliphatic rings. The first-order valence-corrected chi connectivity index (χ1v) is 11.6. The van der Waals surface area contributed by atoms with Crippen molar-refractivity contribution in [3.05, 3.63) is 35.9 Å². The van der Waals surface area contributed by atoms with E-state index < -0.39 is 5.97 Å². The molecule has 30 heavy (non-hydrogen) atoms. The Morgan fingerprint density at radius 2 is 1.40 bits per heavy atom. The second-order valence-corrected chi connectivity index (χ2v) is 9.48. The molecule has 0 aromatic heterocycles. The smallest absolute Gasteiger partial charge is 0.220 e. The number of benzene rings is 1. The number of nitrogens with one attached hydrogen (secondary N) is 1. The molecule has 170 valence electrons. The highest BCUT2D eigenvalue weighted by atomic mass is 16.4. The Kier molecular flexibility index (Phi) is 13.1. The van der Waals surface area contributed by atoms with Crippen LogP contribution in [-0.4, -0.2) is 50.1 Å². The summed E-state index contributed by atoms with van der Waals surface area (Å²) >= 11 is 0. The first-order valence-electron chi connectivity index (χ1n) is 11.6. The maximum absolute atomic E-state index is 12.1. The molecule has 1 rings (SSSR count). The van der Waals surface area contributed by atoms with Crippen molar-refractivity contribution in [1.29, 1.82) is 0 Å². The largest absolute Gasteiger partial charge is 0.550 e. The molecule has 0 heterocycles. The molecule has 1 atom stereocenters. The lowest BCUT2D eigenvalue weighted by molar-refractivity contribution is -0.871. The standard InChI is InChI=1S/C25H42N2O3/c1-27(2,3)21-23(20-25(29)30)26-24(28)19-15-10-8-6-4-5-7-9-12-16-22-17-13-11-14-18-22/h11,13-14,17-18,23H,4-10,12,15-16,19-21H2,1-3H3,(H-,26,28,29,30). The van der Waals surface area contributed by atoms with Crippen molar-refractivity contribution < 1.29 is 19.2 Å². The van der Waals surface area contributed by atoms with E-state index in [9.17, 15) is 14.7 Å². The lowest BCUT2D eigenvalue weighted by Crippen LogP contribution is -2.50. The van der Waals surface area contributed by atoms with Crippen molar-refractivity contribution in [1.82, 2.24) is 5.32 Å². The number of carbonyl (C=O) groups excluding carboxylic acids is 2. The molecule has 0 saturated carbocycles. The number of hydrogen-bond acceptors (Lipinski definition) is 3.